The van der Waals surface area contributed by atoms with Gasteiger partial charge in [-0.1, -0.05) is 12.8 Å². The molecule has 0 bridgehead atoms. The van der Waals surface area contributed by atoms with Gasteiger partial charge in [-0.2, -0.15) is 0 Å². The fourth-order valence-corrected chi connectivity index (χ4v) is 3.04. The van der Waals surface area contributed by atoms with Gasteiger partial charge in [-0.15, -0.1) is 0 Å². The van der Waals surface area contributed by atoms with Gasteiger partial charge in [0.2, 0.25) is 0 Å². The van der Waals surface area contributed by atoms with Crippen molar-refractivity contribution >= 4 is 5.96 Å². The molecule has 3 aliphatic rings. The van der Waals surface area contributed by atoms with Gasteiger partial charge in [0.15, 0.2) is 5.96 Å². The summed E-state index contributed by atoms with van der Waals surface area (Å²) in [6, 6.07) is 0.761. The molecule has 0 spiro atoms. The molecular formula is C11H19N3. The molecule has 3 nitrogen and oxygen atoms in total. The van der Waals surface area contributed by atoms with Crippen LogP contribution in [0.15, 0.2) is 4.99 Å². The number of hydrogen-bond donors (Lipinski definition) is 1. The molecule has 0 aromatic rings. The smallest absolute Gasteiger partial charge is 0.194 e. The minimum Gasteiger partial charge on any atom is -0.353 e. The Morgan fingerprint density at radius 1 is 1.29 bits per heavy atom. The van der Waals surface area contributed by atoms with Crippen molar-refractivity contribution in [1.29, 1.82) is 0 Å². The highest BCUT2D eigenvalue weighted by Gasteiger charge is 2.51. The van der Waals surface area contributed by atoms with Crippen molar-refractivity contribution in [3.05, 3.63) is 0 Å². The summed E-state index contributed by atoms with van der Waals surface area (Å²) in [7, 11) is 2.13. The molecule has 0 aromatic carbocycles. The molecule has 1 aliphatic heterocycles. The van der Waals surface area contributed by atoms with E-state index in [4.69, 9.17) is 0 Å². The van der Waals surface area contributed by atoms with E-state index in [0.717, 1.165) is 36.9 Å². The molecule has 3 heteroatoms. The molecule has 2 saturated carbocycles. The van der Waals surface area contributed by atoms with Crippen LogP contribution in [-0.4, -0.2) is 37.0 Å². The summed E-state index contributed by atoms with van der Waals surface area (Å²) in [6.45, 7) is 2.06. The minimum atomic E-state index is 0.761. The van der Waals surface area contributed by atoms with Gasteiger partial charge in [-0.25, -0.2) is 0 Å². The van der Waals surface area contributed by atoms with Gasteiger partial charge in [0.25, 0.3) is 0 Å². The fourth-order valence-electron chi connectivity index (χ4n) is 3.04. The number of nitrogens with zero attached hydrogens (tertiary/aromatic N) is 2. The van der Waals surface area contributed by atoms with Crippen molar-refractivity contribution < 1.29 is 0 Å². The van der Waals surface area contributed by atoms with Crippen LogP contribution in [0.25, 0.3) is 0 Å². The van der Waals surface area contributed by atoms with Crippen molar-refractivity contribution in [2.24, 2.45) is 16.8 Å². The number of rotatable bonds is 1. The predicted molar refractivity (Wildman–Crippen MR) is 57.3 cm³/mol. The van der Waals surface area contributed by atoms with Gasteiger partial charge in [-0.3, -0.25) is 4.99 Å². The Balaban J connectivity index is 1.59. The van der Waals surface area contributed by atoms with Crippen LogP contribution < -0.4 is 5.32 Å². The zero-order valence-electron chi connectivity index (χ0n) is 8.87. The topological polar surface area (TPSA) is 27.6 Å². The van der Waals surface area contributed by atoms with Crippen LogP contribution in [0.5, 0.6) is 0 Å². The van der Waals surface area contributed by atoms with Crippen molar-refractivity contribution in [3.8, 4) is 0 Å². The summed E-state index contributed by atoms with van der Waals surface area (Å²) in [5, 5.41) is 3.62. The first-order valence-corrected chi connectivity index (χ1v) is 5.88. The average Bonchev–Trinajstić information content (AvgIpc) is 2.75. The van der Waals surface area contributed by atoms with Gasteiger partial charge in [0, 0.05) is 19.6 Å². The Hall–Kier alpha value is -0.730. The maximum absolute atomic E-state index is 4.49. The van der Waals surface area contributed by atoms with Crippen molar-refractivity contribution in [3.63, 3.8) is 0 Å². The molecule has 1 heterocycles. The van der Waals surface area contributed by atoms with Crippen LogP contribution in [0.4, 0.5) is 0 Å². The first kappa shape index (κ1) is 8.57. The molecule has 0 radical (unpaired) electrons. The third-order valence-electron chi connectivity index (χ3n) is 4.01. The van der Waals surface area contributed by atoms with E-state index in [0.29, 0.717) is 0 Å². The van der Waals surface area contributed by atoms with E-state index in [-0.39, 0.29) is 0 Å². The molecule has 2 aliphatic carbocycles. The second kappa shape index (κ2) is 3.14. The predicted octanol–water partition coefficient (Wildman–Crippen LogP) is 1.07. The summed E-state index contributed by atoms with van der Waals surface area (Å²) < 4.78 is 0. The van der Waals surface area contributed by atoms with Gasteiger partial charge in [0.1, 0.15) is 0 Å². The second-order valence-corrected chi connectivity index (χ2v) is 4.91. The molecule has 0 aromatic heterocycles. The molecule has 14 heavy (non-hydrogen) atoms. The van der Waals surface area contributed by atoms with E-state index < -0.39 is 0 Å². The quantitative estimate of drug-likeness (QED) is 0.674. The van der Waals surface area contributed by atoms with Crippen molar-refractivity contribution in [2.45, 2.75) is 31.7 Å². The van der Waals surface area contributed by atoms with Crippen molar-refractivity contribution in [2.75, 3.05) is 20.1 Å². The Bertz CT molecular complexity index is 249. The van der Waals surface area contributed by atoms with Gasteiger partial charge in [-0.05, 0) is 24.7 Å². The average molecular weight is 193 g/mol. The van der Waals surface area contributed by atoms with E-state index in [1.54, 1.807) is 0 Å². The SMILES string of the molecule is CN1CCN=C1NC1C2CCCCC21. The van der Waals surface area contributed by atoms with Crippen LogP contribution >= 0.6 is 0 Å². The number of hydrogen-bond acceptors (Lipinski definition) is 3. The number of likely N-dealkylation sites (N-methyl/N-ethyl adjacent to an activating group) is 1. The maximum Gasteiger partial charge on any atom is 0.194 e. The third kappa shape index (κ3) is 1.30. The molecular weight excluding hydrogens is 174 g/mol. The Labute approximate surface area is 85.6 Å². The lowest BCUT2D eigenvalue weighted by atomic mass is 10.0. The van der Waals surface area contributed by atoms with Crippen LogP contribution in [0.1, 0.15) is 25.7 Å². The highest BCUT2D eigenvalue weighted by atomic mass is 15.3. The molecule has 0 amide bonds. The first-order valence-electron chi connectivity index (χ1n) is 5.88. The molecule has 78 valence electrons. The highest BCUT2D eigenvalue weighted by Crippen LogP contribution is 2.49. The summed E-state index contributed by atoms with van der Waals surface area (Å²) in [5.41, 5.74) is 0. The van der Waals surface area contributed by atoms with Crippen LogP contribution in [0, 0.1) is 11.8 Å². The van der Waals surface area contributed by atoms with E-state index in [1.165, 1.54) is 25.7 Å². The van der Waals surface area contributed by atoms with Gasteiger partial charge < -0.3 is 10.2 Å². The van der Waals surface area contributed by atoms with E-state index in [9.17, 15) is 0 Å². The number of nitrogens with one attached hydrogen (secondary N) is 1. The van der Waals surface area contributed by atoms with E-state index in [2.05, 4.69) is 22.3 Å². The lowest BCUT2D eigenvalue weighted by Crippen LogP contribution is -2.37. The van der Waals surface area contributed by atoms with Crippen LogP contribution in [0.3, 0.4) is 0 Å². The van der Waals surface area contributed by atoms with Gasteiger partial charge >= 0.3 is 0 Å². The second-order valence-electron chi connectivity index (χ2n) is 4.91. The summed E-state index contributed by atoms with van der Waals surface area (Å²) in [5.74, 6) is 3.09. The Morgan fingerprint density at radius 2 is 2.00 bits per heavy atom. The summed E-state index contributed by atoms with van der Waals surface area (Å²) >= 11 is 0. The Morgan fingerprint density at radius 3 is 2.57 bits per heavy atom. The third-order valence-corrected chi connectivity index (χ3v) is 4.01. The molecule has 0 saturated heterocycles. The normalized spacial score (nSPS) is 40.5. The summed E-state index contributed by atoms with van der Waals surface area (Å²) in [6.07, 6.45) is 5.78. The molecule has 2 atom stereocenters. The molecule has 1 N–H and O–H groups in total. The number of guanidine groups is 1. The molecule has 2 unspecified atom stereocenters. The maximum atomic E-state index is 4.49. The lowest BCUT2D eigenvalue weighted by molar-refractivity contribution is 0.480. The summed E-state index contributed by atoms with van der Waals surface area (Å²) in [4.78, 5) is 6.73. The van der Waals surface area contributed by atoms with E-state index in [1.807, 2.05) is 0 Å². The zero-order valence-corrected chi connectivity index (χ0v) is 8.87. The zero-order chi connectivity index (χ0) is 9.54. The van der Waals surface area contributed by atoms with E-state index >= 15 is 0 Å². The Kier molecular flexibility index (Phi) is 1.92. The largest absolute Gasteiger partial charge is 0.353 e. The first-order chi connectivity index (χ1) is 6.86. The highest BCUT2D eigenvalue weighted by molar-refractivity contribution is 5.81. The number of fused-ring (bicyclic) bond motifs is 1. The standard InChI is InChI=1S/C11H19N3/c1-14-7-6-12-11(14)13-10-8-4-2-3-5-9(8)10/h8-10H,2-7H2,1H3,(H,12,13). The monoisotopic (exact) mass is 193 g/mol. The van der Waals surface area contributed by atoms with Crippen LogP contribution in [0.2, 0.25) is 0 Å². The number of aliphatic imine (C=N–C) groups is 1. The van der Waals surface area contributed by atoms with Crippen LogP contribution in [-0.2, 0) is 0 Å². The lowest BCUT2D eigenvalue weighted by Gasteiger charge is -2.15. The van der Waals surface area contributed by atoms with Gasteiger partial charge in [0.05, 0.1) is 6.54 Å². The minimum absolute atomic E-state index is 0.761. The fraction of sp³-hybridized carbons (Fsp3) is 0.909. The van der Waals surface area contributed by atoms with Crippen molar-refractivity contribution in [1.82, 2.24) is 10.2 Å². The molecule has 2 fully saturated rings. The molecule has 3 rings (SSSR count).